The van der Waals surface area contributed by atoms with Gasteiger partial charge in [0.05, 0.1) is 27.6 Å². The van der Waals surface area contributed by atoms with Crippen LogP contribution in [-0.4, -0.2) is 49.5 Å². The summed E-state index contributed by atoms with van der Waals surface area (Å²) < 4.78 is 0.414. The van der Waals surface area contributed by atoms with Crippen molar-refractivity contribution in [3.63, 3.8) is 0 Å². The van der Waals surface area contributed by atoms with Gasteiger partial charge in [0.1, 0.15) is 6.61 Å². The van der Waals surface area contributed by atoms with Gasteiger partial charge in [0.25, 0.3) is 0 Å². The number of nitrogens with zero attached hydrogens (tertiary/aromatic N) is 1. The Balaban J connectivity index is 0. The second-order valence-electron chi connectivity index (χ2n) is 4.36. The van der Waals surface area contributed by atoms with E-state index < -0.39 is 12.2 Å². The molecule has 0 bridgehead atoms. The molecule has 0 saturated carbocycles. The van der Waals surface area contributed by atoms with Gasteiger partial charge in [-0.05, 0) is 6.92 Å². The van der Waals surface area contributed by atoms with Gasteiger partial charge in [0.15, 0.2) is 6.23 Å². The van der Waals surface area contributed by atoms with Crippen molar-refractivity contribution in [1.29, 1.82) is 0 Å². The van der Waals surface area contributed by atoms with Crippen molar-refractivity contribution < 1.29 is 36.6 Å². The van der Waals surface area contributed by atoms with Crippen LogP contribution in [0.3, 0.4) is 0 Å². The molecule has 1 N–H and O–H groups in total. The molecule has 96 valence electrons. The van der Waals surface area contributed by atoms with Gasteiger partial charge in [-0.15, -0.1) is 0 Å². The Hall–Kier alpha value is -0.620. The molecule has 0 aromatic rings. The first-order valence-electron chi connectivity index (χ1n) is 4.73. The molecule has 0 amide bonds. The van der Waals surface area contributed by atoms with Crippen molar-refractivity contribution in [1.82, 2.24) is 0 Å². The molecule has 0 radical (unpaired) electrons. The Labute approximate surface area is 103 Å². The van der Waals surface area contributed by atoms with E-state index in [1.54, 1.807) is 0 Å². The molecule has 6 heteroatoms. The van der Waals surface area contributed by atoms with Crippen LogP contribution < -0.4 is 12.4 Å². The minimum absolute atomic E-state index is 0. The van der Waals surface area contributed by atoms with Gasteiger partial charge in [-0.2, -0.15) is 4.89 Å². The number of halogens is 1. The lowest BCUT2D eigenvalue weighted by molar-refractivity contribution is -0.919. The summed E-state index contributed by atoms with van der Waals surface area (Å²) in [5.74, 6) is -0.588. The molecule has 0 saturated heterocycles. The van der Waals surface area contributed by atoms with E-state index >= 15 is 0 Å². The Bertz CT molecular complexity index is 237. The van der Waals surface area contributed by atoms with Crippen molar-refractivity contribution in [2.75, 3.05) is 27.7 Å². The van der Waals surface area contributed by atoms with E-state index in [9.17, 15) is 9.90 Å². The normalized spacial score (nSPS) is 12.6. The molecular formula is C10H20ClNO4. The minimum Gasteiger partial charge on any atom is -1.00 e. The van der Waals surface area contributed by atoms with Crippen molar-refractivity contribution in [2.24, 2.45) is 0 Å². The number of rotatable bonds is 6. The summed E-state index contributed by atoms with van der Waals surface area (Å²) >= 11 is 0. The lowest BCUT2D eigenvalue weighted by Crippen LogP contribution is -3.00. The van der Waals surface area contributed by atoms with Crippen LogP contribution in [0.25, 0.3) is 0 Å². The number of hydrogen-bond acceptors (Lipinski definition) is 4. The summed E-state index contributed by atoms with van der Waals surface area (Å²) in [4.78, 5) is 19.9. The molecule has 0 fully saturated rings. The van der Waals surface area contributed by atoms with E-state index in [1.165, 1.54) is 6.92 Å². The highest BCUT2D eigenvalue weighted by Crippen LogP contribution is 2.04. The number of aliphatic hydroxyl groups excluding tert-OH is 1. The van der Waals surface area contributed by atoms with Crippen LogP contribution in [-0.2, 0) is 14.6 Å². The van der Waals surface area contributed by atoms with E-state index in [-0.39, 0.29) is 24.6 Å². The third-order valence-electron chi connectivity index (χ3n) is 1.84. The lowest BCUT2D eigenvalue weighted by Gasteiger charge is -2.29. The van der Waals surface area contributed by atoms with Gasteiger partial charge in [0.2, 0.25) is 0 Å². The first kappa shape index (κ1) is 17.8. The zero-order chi connectivity index (χ0) is 12.1. The Morgan fingerprint density at radius 1 is 1.44 bits per heavy atom. The molecule has 0 heterocycles. The SMILES string of the molecule is C=C(C)C(=O)OOCCC(O)[N+](C)(C)C.[Cl-]. The molecular weight excluding hydrogens is 234 g/mol. The Morgan fingerprint density at radius 3 is 2.31 bits per heavy atom. The Morgan fingerprint density at radius 2 is 1.94 bits per heavy atom. The summed E-state index contributed by atoms with van der Waals surface area (Å²) in [6.45, 7) is 5.10. The molecule has 0 rings (SSSR count). The van der Waals surface area contributed by atoms with Crippen molar-refractivity contribution in [3.05, 3.63) is 12.2 Å². The summed E-state index contributed by atoms with van der Waals surface area (Å²) in [6, 6.07) is 0. The zero-order valence-electron chi connectivity index (χ0n) is 10.2. The molecule has 5 nitrogen and oxygen atoms in total. The monoisotopic (exact) mass is 253 g/mol. The van der Waals surface area contributed by atoms with Crippen LogP contribution in [0.1, 0.15) is 13.3 Å². The largest absolute Gasteiger partial charge is 1.00 e. The Kier molecular flexibility index (Phi) is 8.46. The van der Waals surface area contributed by atoms with Crippen LogP contribution >= 0.6 is 0 Å². The zero-order valence-corrected chi connectivity index (χ0v) is 11.0. The van der Waals surface area contributed by atoms with Gasteiger partial charge in [0, 0.05) is 5.57 Å². The third kappa shape index (κ3) is 7.64. The van der Waals surface area contributed by atoms with Gasteiger partial charge in [-0.25, -0.2) is 4.79 Å². The third-order valence-corrected chi connectivity index (χ3v) is 1.84. The maximum Gasteiger partial charge on any atom is 0.368 e. The highest BCUT2D eigenvalue weighted by atomic mass is 35.5. The quantitative estimate of drug-likeness (QED) is 0.142. The van der Waals surface area contributed by atoms with E-state index in [1.807, 2.05) is 21.1 Å². The molecule has 0 aromatic carbocycles. The molecule has 1 atom stereocenters. The average Bonchev–Trinajstić information content (AvgIpc) is 2.09. The van der Waals surface area contributed by atoms with Crippen LogP contribution in [0.15, 0.2) is 12.2 Å². The van der Waals surface area contributed by atoms with Gasteiger partial charge >= 0.3 is 5.97 Å². The van der Waals surface area contributed by atoms with Gasteiger partial charge < -0.3 is 22.0 Å². The van der Waals surface area contributed by atoms with Crippen molar-refractivity contribution in [2.45, 2.75) is 19.6 Å². The molecule has 16 heavy (non-hydrogen) atoms. The highest BCUT2D eigenvalue weighted by molar-refractivity contribution is 5.86. The molecule has 0 aromatic heterocycles. The number of carbonyl (C=O) groups excluding carboxylic acids is 1. The van der Waals surface area contributed by atoms with E-state index in [2.05, 4.69) is 16.4 Å². The smallest absolute Gasteiger partial charge is 0.368 e. The fourth-order valence-electron chi connectivity index (χ4n) is 0.707. The van der Waals surface area contributed by atoms with Crippen LogP contribution in [0.2, 0.25) is 0 Å². The predicted octanol–water partition coefficient (Wildman–Crippen LogP) is -2.54. The summed E-state index contributed by atoms with van der Waals surface area (Å²) in [5.41, 5.74) is 0.280. The fraction of sp³-hybridized carbons (Fsp3) is 0.700. The molecule has 0 aliphatic rings. The van der Waals surface area contributed by atoms with Gasteiger partial charge in [-0.1, -0.05) is 6.58 Å². The predicted molar refractivity (Wildman–Crippen MR) is 55.5 cm³/mol. The maximum absolute atomic E-state index is 10.9. The minimum atomic E-state index is -0.588. The van der Waals surface area contributed by atoms with E-state index in [4.69, 9.17) is 0 Å². The molecule has 0 aliphatic carbocycles. The molecule has 0 spiro atoms. The fourth-order valence-corrected chi connectivity index (χ4v) is 0.707. The summed E-state index contributed by atoms with van der Waals surface area (Å²) in [5, 5.41) is 9.59. The summed E-state index contributed by atoms with van der Waals surface area (Å²) in [6.07, 6.45) is -0.152. The number of carbonyl (C=O) groups is 1. The number of quaternary nitrogens is 1. The first-order chi connectivity index (χ1) is 6.75. The van der Waals surface area contributed by atoms with Crippen molar-refractivity contribution in [3.8, 4) is 0 Å². The van der Waals surface area contributed by atoms with E-state index in [0.29, 0.717) is 10.9 Å². The van der Waals surface area contributed by atoms with Crippen LogP contribution in [0, 0.1) is 0 Å². The lowest BCUT2D eigenvalue weighted by atomic mass is 10.3. The van der Waals surface area contributed by atoms with Crippen LogP contribution in [0.5, 0.6) is 0 Å². The first-order valence-corrected chi connectivity index (χ1v) is 4.73. The van der Waals surface area contributed by atoms with Crippen LogP contribution in [0.4, 0.5) is 0 Å². The second-order valence-corrected chi connectivity index (χ2v) is 4.36. The number of aliphatic hydroxyl groups is 1. The molecule has 1 unspecified atom stereocenters. The van der Waals surface area contributed by atoms with Crippen molar-refractivity contribution >= 4 is 5.97 Å². The van der Waals surface area contributed by atoms with E-state index in [0.717, 1.165) is 0 Å². The topological polar surface area (TPSA) is 55.8 Å². The standard InChI is InChI=1S/C10H20NO4.ClH/c1-8(2)10(13)15-14-7-6-9(12)11(3,4)5;/h9,12H,1,6-7H2,2-5H3;1H/q+1;/p-1. The maximum atomic E-state index is 10.9. The number of hydrogen-bond donors (Lipinski definition) is 1. The average molecular weight is 254 g/mol. The summed E-state index contributed by atoms with van der Waals surface area (Å²) in [7, 11) is 5.60. The highest BCUT2D eigenvalue weighted by Gasteiger charge is 2.20. The van der Waals surface area contributed by atoms with Gasteiger partial charge in [-0.3, -0.25) is 4.89 Å². The second kappa shape index (κ2) is 7.62. The molecule has 0 aliphatic heterocycles.